The van der Waals surface area contributed by atoms with Crippen molar-refractivity contribution >= 4 is 16.9 Å². The fourth-order valence-corrected chi connectivity index (χ4v) is 4.48. The molecule has 2 N–H and O–H groups in total. The van der Waals surface area contributed by atoms with Crippen LogP contribution in [0.3, 0.4) is 0 Å². The molecule has 1 unspecified atom stereocenters. The van der Waals surface area contributed by atoms with Crippen LogP contribution in [0.5, 0.6) is 17.2 Å². The molecule has 4 aromatic rings. The Morgan fingerprint density at radius 1 is 1.08 bits per heavy atom. The van der Waals surface area contributed by atoms with Crippen molar-refractivity contribution in [2.24, 2.45) is 5.73 Å². The number of nitrogens with two attached hydrogens (primary N) is 1. The molecule has 186 valence electrons. The zero-order chi connectivity index (χ0) is 25.9. The van der Waals surface area contributed by atoms with E-state index in [0.29, 0.717) is 29.1 Å². The summed E-state index contributed by atoms with van der Waals surface area (Å²) in [5.74, 6) is 0.488. The van der Waals surface area contributed by atoms with E-state index in [1.54, 1.807) is 24.3 Å². The molecule has 1 aromatic heterocycles. The molecule has 2 heterocycles. The molecule has 0 radical (unpaired) electrons. The maximum atomic E-state index is 12.9. The predicted octanol–water partition coefficient (Wildman–Crippen LogP) is 6.36. The molecule has 0 spiro atoms. The minimum absolute atomic E-state index is 0.00825. The number of nitriles is 1. The van der Waals surface area contributed by atoms with Gasteiger partial charge in [0.1, 0.15) is 34.5 Å². The van der Waals surface area contributed by atoms with E-state index >= 15 is 0 Å². The van der Waals surface area contributed by atoms with E-state index in [1.165, 1.54) is 0 Å². The second-order valence-electron chi connectivity index (χ2n) is 8.84. The lowest BCUT2D eigenvalue weighted by Crippen LogP contribution is -2.21. The first-order valence-electron chi connectivity index (χ1n) is 12.1. The van der Waals surface area contributed by atoms with Crippen molar-refractivity contribution in [3.8, 4) is 23.3 Å². The topological polar surface area (TPSA) is 108 Å². The first-order valence-corrected chi connectivity index (χ1v) is 12.1. The summed E-state index contributed by atoms with van der Waals surface area (Å²) in [5, 5.41) is 10.7. The number of furan rings is 1. The van der Waals surface area contributed by atoms with Gasteiger partial charge in [-0.1, -0.05) is 49.7 Å². The number of hydrogen-bond acceptors (Lipinski definition) is 7. The molecule has 0 amide bonds. The Balaban J connectivity index is 1.45. The zero-order valence-corrected chi connectivity index (χ0v) is 20.6. The zero-order valence-electron chi connectivity index (χ0n) is 20.6. The lowest BCUT2D eigenvalue weighted by molar-refractivity contribution is 0.0702. The van der Waals surface area contributed by atoms with Crippen LogP contribution < -0.4 is 19.9 Å². The van der Waals surface area contributed by atoms with E-state index in [9.17, 15) is 10.1 Å². The van der Waals surface area contributed by atoms with Crippen molar-refractivity contribution in [3.05, 3.63) is 101 Å². The molecular weight excluding hydrogens is 468 g/mol. The van der Waals surface area contributed by atoms with E-state index in [-0.39, 0.29) is 17.4 Å². The summed E-state index contributed by atoms with van der Waals surface area (Å²) in [6.45, 7) is 4.54. The summed E-state index contributed by atoms with van der Waals surface area (Å²) in [6.07, 6.45) is 1.99. The molecule has 0 aliphatic carbocycles. The van der Waals surface area contributed by atoms with Crippen molar-refractivity contribution in [1.82, 2.24) is 0 Å². The summed E-state index contributed by atoms with van der Waals surface area (Å²) in [5.41, 5.74) is 9.37. The lowest BCUT2D eigenvalue weighted by atomic mass is 9.83. The number of carbonyl (C=O) groups is 1. The fourth-order valence-electron chi connectivity index (χ4n) is 4.48. The van der Waals surface area contributed by atoms with Gasteiger partial charge in [0, 0.05) is 22.6 Å². The molecule has 0 fully saturated rings. The van der Waals surface area contributed by atoms with Crippen LogP contribution in [-0.2, 0) is 0 Å². The smallest absolute Gasteiger partial charge is 0.379 e. The monoisotopic (exact) mass is 494 g/mol. The van der Waals surface area contributed by atoms with Gasteiger partial charge in [-0.25, -0.2) is 4.79 Å². The number of aryl methyl sites for hydroxylation is 1. The van der Waals surface area contributed by atoms with Crippen LogP contribution in [0.15, 0.2) is 82.6 Å². The number of unbranched alkanes of at least 4 members (excludes halogenated alkanes) is 1. The van der Waals surface area contributed by atoms with Crippen LogP contribution in [0.1, 0.15) is 52.9 Å². The highest BCUT2D eigenvalue weighted by Crippen LogP contribution is 2.44. The molecular formula is C30H26N2O5. The average molecular weight is 495 g/mol. The van der Waals surface area contributed by atoms with E-state index in [1.807, 2.05) is 49.4 Å². The average Bonchev–Trinajstić information content (AvgIpc) is 3.25. The van der Waals surface area contributed by atoms with Crippen LogP contribution in [0.25, 0.3) is 11.0 Å². The Hall–Kier alpha value is -4.70. The van der Waals surface area contributed by atoms with E-state index in [0.717, 1.165) is 35.1 Å². The van der Waals surface area contributed by atoms with Gasteiger partial charge in [0.2, 0.25) is 11.6 Å². The maximum Gasteiger partial charge on any atom is 0.379 e. The third kappa shape index (κ3) is 4.62. The largest absolute Gasteiger partial charge is 0.494 e. The molecule has 5 rings (SSSR count). The van der Waals surface area contributed by atoms with Crippen LogP contribution >= 0.6 is 0 Å². The summed E-state index contributed by atoms with van der Waals surface area (Å²) >= 11 is 0. The highest BCUT2D eigenvalue weighted by atomic mass is 16.5. The van der Waals surface area contributed by atoms with Gasteiger partial charge in [-0.2, -0.15) is 5.26 Å². The van der Waals surface area contributed by atoms with Gasteiger partial charge < -0.3 is 24.4 Å². The number of rotatable bonds is 7. The number of esters is 1. The normalized spacial score (nSPS) is 14.6. The lowest BCUT2D eigenvalue weighted by Gasteiger charge is -2.27. The Morgan fingerprint density at radius 2 is 1.92 bits per heavy atom. The van der Waals surface area contributed by atoms with Crippen molar-refractivity contribution in [1.29, 1.82) is 5.26 Å². The summed E-state index contributed by atoms with van der Waals surface area (Å²) in [4.78, 5) is 12.9. The van der Waals surface area contributed by atoms with Crippen LogP contribution in [0.2, 0.25) is 0 Å². The quantitative estimate of drug-likeness (QED) is 0.181. The number of benzene rings is 3. The van der Waals surface area contributed by atoms with Gasteiger partial charge in [0.05, 0.1) is 12.5 Å². The molecule has 7 nitrogen and oxygen atoms in total. The second kappa shape index (κ2) is 10.1. The molecule has 1 aliphatic heterocycles. The van der Waals surface area contributed by atoms with Gasteiger partial charge in [-0.15, -0.1) is 0 Å². The molecule has 7 heteroatoms. The van der Waals surface area contributed by atoms with Gasteiger partial charge in [0.15, 0.2) is 0 Å². The van der Waals surface area contributed by atoms with Crippen LogP contribution in [-0.4, -0.2) is 12.6 Å². The Kier molecular flexibility index (Phi) is 6.57. The first-order chi connectivity index (χ1) is 18.0. The number of ether oxygens (including phenoxy) is 3. The van der Waals surface area contributed by atoms with Gasteiger partial charge >= 0.3 is 5.97 Å². The number of fused-ring (bicyclic) bond motifs is 2. The number of hydrogen-bond donors (Lipinski definition) is 1. The Labute approximate surface area is 214 Å². The van der Waals surface area contributed by atoms with Crippen LogP contribution in [0, 0.1) is 18.3 Å². The van der Waals surface area contributed by atoms with Crippen molar-refractivity contribution in [3.63, 3.8) is 0 Å². The van der Waals surface area contributed by atoms with Gasteiger partial charge in [0.25, 0.3) is 0 Å². The number of allylic oxidation sites excluding steroid dienone is 1. The standard InChI is InChI=1S/C30H26N2O5/c1-3-4-14-34-20-9-7-8-19(15-20)27-23-13-12-21(16-26(23)37-29(32)24(27)17-31)35-30(33)28-18(2)22-10-5-6-11-25(22)36-28/h5-13,15-16,27H,3-4,14,32H2,1-2H3. The maximum absolute atomic E-state index is 12.9. The molecule has 1 aliphatic rings. The van der Waals surface area contributed by atoms with E-state index in [4.69, 9.17) is 24.4 Å². The van der Waals surface area contributed by atoms with Crippen molar-refractivity contribution < 1.29 is 23.4 Å². The molecule has 1 atom stereocenters. The Morgan fingerprint density at radius 3 is 2.70 bits per heavy atom. The molecule has 3 aromatic carbocycles. The van der Waals surface area contributed by atoms with Gasteiger partial charge in [-0.3, -0.25) is 0 Å². The van der Waals surface area contributed by atoms with Crippen molar-refractivity contribution in [2.75, 3.05) is 6.61 Å². The highest BCUT2D eigenvalue weighted by molar-refractivity contribution is 5.96. The first kappa shape index (κ1) is 24.0. The van der Waals surface area contributed by atoms with Crippen molar-refractivity contribution in [2.45, 2.75) is 32.6 Å². The number of para-hydroxylation sites is 1. The minimum atomic E-state index is -0.612. The highest BCUT2D eigenvalue weighted by Gasteiger charge is 2.31. The molecule has 0 saturated heterocycles. The SMILES string of the molecule is CCCCOc1cccc(C2C(C#N)=C(N)Oc3cc(OC(=O)c4oc5ccccc5c4C)ccc32)c1. The summed E-state index contributed by atoms with van der Waals surface area (Å²) in [7, 11) is 0. The number of nitrogens with zero attached hydrogens (tertiary/aromatic N) is 1. The second-order valence-corrected chi connectivity index (χ2v) is 8.84. The third-order valence-corrected chi connectivity index (χ3v) is 6.39. The van der Waals surface area contributed by atoms with Crippen LogP contribution in [0.4, 0.5) is 0 Å². The minimum Gasteiger partial charge on any atom is -0.494 e. The molecule has 37 heavy (non-hydrogen) atoms. The fraction of sp³-hybridized carbons (Fsp3) is 0.200. The molecule has 0 saturated carbocycles. The predicted molar refractivity (Wildman–Crippen MR) is 138 cm³/mol. The Bertz CT molecular complexity index is 1560. The van der Waals surface area contributed by atoms with E-state index in [2.05, 4.69) is 13.0 Å². The molecule has 0 bridgehead atoms. The summed E-state index contributed by atoms with van der Waals surface area (Å²) in [6, 6.07) is 22.3. The summed E-state index contributed by atoms with van der Waals surface area (Å²) < 4.78 is 23.0. The van der Waals surface area contributed by atoms with Gasteiger partial charge in [-0.05, 0) is 43.2 Å². The van der Waals surface area contributed by atoms with E-state index < -0.39 is 11.9 Å². The third-order valence-electron chi connectivity index (χ3n) is 6.39. The number of carbonyl (C=O) groups excluding carboxylic acids is 1.